The third-order valence-electron chi connectivity index (χ3n) is 3.69. The van der Waals surface area contributed by atoms with Crippen molar-refractivity contribution < 1.29 is 9.84 Å². The van der Waals surface area contributed by atoms with E-state index in [0.717, 1.165) is 16.9 Å². The number of fused-ring (bicyclic) bond motifs is 1. The van der Waals surface area contributed by atoms with Crippen LogP contribution in [0.4, 0.5) is 5.82 Å². The number of thioether (sulfide) groups is 1. The van der Waals surface area contributed by atoms with Gasteiger partial charge in [-0.25, -0.2) is 9.97 Å². The highest BCUT2D eigenvalue weighted by atomic mass is 35.5. The quantitative estimate of drug-likeness (QED) is 0.294. The fourth-order valence-electron chi connectivity index (χ4n) is 2.40. The molecule has 0 saturated heterocycles. The standard InChI is InChI=1S/C17H20ClN5O3S2/c1-9(7-24)20-14-13-15(23-17(25)28-13)22-16(21-14)27-8-10-3-2-4-11(18)12(10)26-6-5-19/h2-4,9,24H,5-8,19H2,1H3,(H2,20,21,22,23,25). The number of nitrogens with two attached hydrogens (primary N) is 1. The Balaban J connectivity index is 1.87. The molecule has 150 valence electrons. The summed E-state index contributed by atoms with van der Waals surface area (Å²) in [5, 5.41) is 13.4. The number of anilines is 1. The van der Waals surface area contributed by atoms with Crippen LogP contribution in [0.5, 0.6) is 5.75 Å². The molecule has 1 atom stereocenters. The first-order valence-corrected chi connectivity index (χ1v) is 10.7. The van der Waals surface area contributed by atoms with E-state index in [1.165, 1.54) is 11.8 Å². The molecule has 0 radical (unpaired) electrons. The number of nitrogens with zero attached hydrogens (tertiary/aromatic N) is 2. The average molecular weight is 442 g/mol. The number of nitrogens with one attached hydrogen (secondary N) is 2. The number of H-pyrrole nitrogens is 1. The topological polar surface area (TPSA) is 126 Å². The van der Waals surface area contributed by atoms with Gasteiger partial charge in [-0.2, -0.15) is 0 Å². The van der Waals surface area contributed by atoms with Gasteiger partial charge in [0.2, 0.25) is 0 Å². The van der Waals surface area contributed by atoms with Gasteiger partial charge >= 0.3 is 4.87 Å². The predicted octanol–water partition coefficient (Wildman–Crippen LogP) is 2.46. The van der Waals surface area contributed by atoms with Crippen LogP contribution < -0.4 is 20.7 Å². The molecule has 8 nitrogen and oxygen atoms in total. The summed E-state index contributed by atoms with van der Waals surface area (Å²) < 4.78 is 6.30. The Bertz CT molecular complexity index is 1010. The number of benzene rings is 1. The molecule has 0 saturated carbocycles. The molecule has 2 heterocycles. The lowest BCUT2D eigenvalue weighted by atomic mass is 10.2. The third kappa shape index (κ3) is 4.95. The fraction of sp³-hybridized carbons (Fsp3) is 0.353. The Morgan fingerprint density at radius 3 is 3.04 bits per heavy atom. The molecular weight excluding hydrogens is 422 g/mol. The minimum Gasteiger partial charge on any atom is -0.490 e. The van der Waals surface area contributed by atoms with Crippen molar-refractivity contribution in [1.29, 1.82) is 0 Å². The maximum atomic E-state index is 11.7. The number of hydrogen-bond acceptors (Lipinski definition) is 9. The molecule has 0 aliphatic carbocycles. The monoisotopic (exact) mass is 441 g/mol. The highest BCUT2D eigenvalue weighted by molar-refractivity contribution is 7.98. The normalized spacial score (nSPS) is 12.3. The minimum atomic E-state index is -0.211. The molecule has 5 N–H and O–H groups in total. The second-order valence-corrected chi connectivity index (χ2v) is 8.26. The number of aromatic amines is 1. The van der Waals surface area contributed by atoms with Crippen LogP contribution in [0, 0.1) is 0 Å². The molecule has 0 amide bonds. The third-order valence-corrected chi connectivity index (χ3v) is 5.76. The van der Waals surface area contributed by atoms with Crippen LogP contribution in [-0.2, 0) is 5.75 Å². The van der Waals surface area contributed by atoms with Crippen molar-refractivity contribution in [3.8, 4) is 5.75 Å². The Labute approximate surface area is 174 Å². The van der Waals surface area contributed by atoms with Gasteiger partial charge in [-0.1, -0.05) is 46.8 Å². The lowest BCUT2D eigenvalue weighted by molar-refractivity contribution is 0.281. The molecule has 1 unspecified atom stereocenters. The molecule has 0 spiro atoms. The van der Waals surface area contributed by atoms with E-state index in [0.29, 0.717) is 51.0 Å². The zero-order chi connectivity index (χ0) is 20.1. The molecule has 28 heavy (non-hydrogen) atoms. The Kier molecular flexibility index (Phi) is 7.13. The van der Waals surface area contributed by atoms with Gasteiger partial charge in [-0.15, -0.1) is 0 Å². The maximum Gasteiger partial charge on any atom is 0.306 e. The molecule has 3 aromatic rings. The SMILES string of the molecule is CC(CO)Nc1nc(SCc2cccc(Cl)c2OCCN)nc2[nH]c(=O)sc12. The van der Waals surface area contributed by atoms with E-state index in [4.69, 9.17) is 22.1 Å². The van der Waals surface area contributed by atoms with Gasteiger partial charge in [-0.3, -0.25) is 9.78 Å². The minimum absolute atomic E-state index is 0.0579. The van der Waals surface area contributed by atoms with Gasteiger partial charge in [0.25, 0.3) is 0 Å². The van der Waals surface area contributed by atoms with Crippen LogP contribution in [0.3, 0.4) is 0 Å². The molecule has 0 bridgehead atoms. The van der Waals surface area contributed by atoms with E-state index in [2.05, 4.69) is 20.3 Å². The molecule has 1 aromatic carbocycles. The summed E-state index contributed by atoms with van der Waals surface area (Å²) in [6.45, 7) is 2.52. The summed E-state index contributed by atoms with van der Waals surface area (Å²) in [4.78, 5) is 23.2. The smallest absolute Gasteiger partial charge is 0.306 e. The number of aromatic nitrogens is 3. The molecule has 0 aliphatic rings. The van der Waals surface area contributed by atoms with Crippen LogP contribution in [0.1, 0.15) is 12.5 Å². The number of halogens is 1. The number of hydrogen-bond donors (Lipinski definition) is 4. The Morgan fingerprint density at radius 2 is 2.29 bits per heavy atom. The number of para-hydroxylation sites is 1. The summed E-state index contributed by atoms with van der Waals surface area (Å²) >= 11 is 8.67. The lowest BCUT2D eigenvalue weighted by Crippen LogP contribution is -2.20. The zero-order valence-electron chi connectivity index (χ0n) is 15.1. The predicted molar refractivity (Wildman–Crippen MR) is 114 cm³/mol. The lowest BCUT2D eigenvalue weighted by Gasteiger charge is -2.14. The first-order chi connectivity index (χ1) is 13.5. The second kappa shape index (κ2) is 9.57. The Morgan fingerprint density at radius 1 is 1.46 bits per heavy atom. The van der Waals surface area contributed by atoms with E-state index < -0.39 is 0 Å². The van der Waals surface area contributed by atoms with Gasteiger partial charge in [0.15, 0.2) is 16.6 Å². The Hall–Kier alpha value is -1.85. The maximum absolute atomic E-state index is 11.7. The van der Waals surface area contributed by atoms with E-state index in [1.54, 1.807) is 6.07 Å². The number of aliphatic hydroxyl groups is 1. The zero-order valence-corrected chi connectivity index (χ0v) is 17.5. The van der Waals surface area contributed by atoms with Crippen molar-refractivity contribution in [3.63, 3.8) is 0 Å². The number of ether oxygens (including phenoxy) is 1. The van der Waals surface area contributed by atoms with Crippen molar-refractivity contribution in [2.45, 2.75) is 23.9 Å². The first kappa shape index (κ1) is 20.9. The van der Waals surface area contributed by atoms with E-state index >= 15 is 0 Å². The van der Waals surface area contributed by atoms with Gasteiger partial charge in [0.1, 0.15) is 17.1 Å². The van der Waals surface area contributed by atoms with Crippen molar-refractivity contribution in [2.75, 3.05) is 25.1 Å². The van der Waals surface area contributed by atoms with Crippen LogP contribution in [0.25, 0.3) is 10.3 Å². The van der Waals surface area contributed by atoms with Crippen LogP contribution >= 0.6 is 34.7 Å². The summed E-state index contributed by atoms with van der Waals surface area (Å²) in [5.74, 6) is 1.64. The number of thiazole rings is 1. The molecule has 0 fully saturated rings. The molecule has 11 heteroatoms. The van der Waals surface area contributed by atoms with Crippen LogP contribution in [-0.4, -0.2) is 45.9 Å². The van der Waals surface area contributed by atoms with Crippen molar-refractivity contribution >= 4 is 50.9 Å². The van der Waals surface area contributed by atoms with Crippen LogP contribution in [0.2, 0.25) is 5.02 Å². The largest absolute Gasteiger partial charge is 0.490 e. The molecular formula is C17H20ClN5O3S2. The highest BCUT2D eigenvalue weighted by Gasteiger charge is 2.15. The second-order valence-electron chi connectivity index (χ2n) is 5.93. The van der Waals surface area contributed by atoms with Crippen molar-refractivity contribution in [1.82, 2.24) is 15.0 Å². The van der Waals surface area contributed by atoms with Gasteiger partial charge in [-0.05, 0) is 13.0 Å². The number of rotatable bonds is 9. The van der Waals surface area contributed by atoms with Crippen LogP contribution in [0.15, 0.2) is 28.2 Å². The average Bonchev–Trinajstić information content (AvgIpc) is 3.06. The summed E-state index contributed by atoms with van der Waals surface area (Å²) in [6.07, 6.45) is 0. The van der Waals surface area contributed by atoms with Gasteiger partial charge in [0.05, 0.1) is 11.6 Å². The summed E-state index contributed by atoms with van der Waals surface area (Å²) in [7, 11) is 0. The van der Waals surface area contributed by atoms with E-state index in [-0.39, 0.29) is 17.5 Å². The van der Waals surface area contributed by atoms with Gasteiger partial charge < -0.3 is 20.9 Å². The summed E-state index contributed by atoms with van der Waals surface area (Å²) in [6, 6.07) is 5.32. The molecule has 3 rings (SSSR count). The first-order valence-electron chi connectivity index (χ1n) is 8.53. The van der Waals surface area contributed by atoms with E-state index in [1.807, 2.05) is 19.1 Å². The van der Waals surface area contributed by atoms with Gasteiger partial charge in [0, 0.05) is 23.9 Å². The van der Waals surface area contributed by atoms with E-state index in [9.17, 15) is 9.90 Å². The summed E-state index contributed by atoms with van der Waals surface area (Å²) in [5.41, 5.74) is 6.88. The van der Waals surface area contributed by atoms with Crippen molar-refractivity contribution in [2.24, 2.45) is 5.73 Å². The number of aliphatic hydroxyl groups excluding tert-OH is 1. The molecule has 0 aliphatic heterocycles. The fourth-order valence-corrected chi connectivity index (χ4v) is 4.20. The molecule has 2 aromatic heterocycles. The highest BCUT2D eigenvalue weighted by Crippen LogP contribution is 2.33. The van der Waals surface area contributed by atoms with Crippen molar-refractivity contribution in [3.05, 3.63) is 38.5 Å².